The standard InChI is InChI=1S/C22H23N3O3/c1-13(2)25-21(26)20(14(3)24-25)23-22(27)28-12-19-17-10-6-4-8-15(17)16-9-5-7-11-18(16)19/h4-11,13,19,24H,12H2,1-3H3,(H,23,27). The summed E-state index contributed by atoms with van der Waals surface area (Å²) in [6, 6.07) is 16.3. The molecule has 4 rings (SSSR count). The van der Waals surface area contributed by atoms with E-state index in [1.807, 2.05) is 38.1 Å². The fourth-order valence-electron chi connectivity index (χ4n) is 3.82. The lowest BCUT2D eigenvalue weighted by atomic mass is 9.98. The number of rotatable bonds is 4. The van der Waals surface area contributed by atoms with E-state index in [0.29, 0.717) is 5.69 Å². The molecule has 1 aliphatic rings. The Bertz CT molecular complexity index is 1050. The first-order valence-corrected chi connectivity index (χ1v) is 9.40. The van der Waals surface area contributed by atoms with Gasteiger partial charge in [0.1, 0.15) is 12.3 Å². The van der Waals surface area contributed by atoms with Crippen LogP contribution in [0.4, 0.5) is 10.5 Å². The zero-order chi connectivity index (χ0) is 19.8. The zero-order valence-electron chi connectivity index (χ0n) is 16.2. The summed E-state index contributed by atoms with van der Waals surface area (Å²) in [5, 5.41) is 5.57. The van der Waals surface area contributed by atoms with Crippen LogP contribution >= 0.6 is 0 Å². The summed E-state index contributed by atoms with van der Waals surface area (Å²) in [4.78, 5) is 24.8. The van der Waals surface area contributed by atoms with Crippen LogP contribution in [-0.4, -0.2) is 22.5 Å². The minimum Gasteiger partial charge on any atom is -0.448 e. The molecule has 0 fully saturated rings. The molecule has 1 heterocycles. The summed E-state index contributed by atoms with van der Waals surface area (Å²) in [6.07, 6.45) is -0.628. The molecule has 0 saturated heterocycles. The number of nitrogens with zero attached hydrogens (tertiary/aromatic N) is 1. The van der Waals surface area contributed by atoms with Gasteiger partial charge < -0.3 is 4.74 Å². The van der Waals surface area contributed by atoms with Gasteiger partial charge in [-0.2, -0.15) is 0 Å². The van der Waals surface area contributed by atoms with Gasteiger partial charge in [-0.25, -0.2) is 9.48 Å². The second-order valence-corrected chi connectivity index (χ2v) is 7.33. The van der Waals surface area contributed by atoms with E-state index in [2.05, 4.69) is 34.7 Å². The first-order valence-electron chi connectivity index (χ1n) is 9.40. The zero-order valence-corrected chi connectivity index (χ0v) is 16.2. The molecule has 1 aliphatic carbocycles. The Hall–Kier alpha value is -3.28. The number of anilines is 1. The number of hydrogen-bond donors (Lipinski definition) is 2. The second kappa shape index (κ2) is 7.03. The average Bonchev–Trinajstić information content (AvgIpc) is 3.16. The Labute approximate surface area is 163 Å². The summed E-state index contributed by atoms with van der Waals surface area (Å²) in [5.41, 5.74) is 5.22. The number of carbonyl (C=O) groups excluding carboxylic acids is 1. The highest BCUT2D eigenvalue weighted by atomic mass is 16.5. The number of benzene rings is 2. The van der Waals surface area contributed by atoms with Gasteiger partial charge in [0, 0.05) is 12.0 Å². The Balaban J connectivity index is 1.51. The molecule has 3 aromatic rings. The topological polar surface area (TPSA) is 76.1 Å². The van der Waals surface area contributed by atoms with Crippen molar-refractivity contribution in [2.75, 3.05) is 11.9 Å². The smallest absolute Gasteiger partial charge is 0.411 e. The highest BCUT2D eigenvalue weighted by Crippen LogP contribution is 2.44. The minimum atomic E-state index is -0.628. The van der Waals surface area contributed by atoms with Crippen LogP contribution in [0.2, 0.25) is 0 Å². The number of amides is 1. The molecule has 28 heavy (non-hydrogen) atoms. The van der Waals surface area contributed by atoms with Gasteiger partial charge in [0.25, 0.3) is 5.56 Å². The number of carbonyl (C=O) groups is 1. The van der Waals surface area contributed by atoms with E-state index in [1.165, 1.54) is 15.8 Å². The molecular formula is C22H23N3O3. The fourth-order valence-corrected chi connectivity index (χ4v) is 3.82. The van der Waals surface area contributed by atoms with Crippen molar-refractivity contribution in [2.24, 2.45) is 0 Å². The van der Waals surface area contributed by atoms with Crippen LogP contribution in [-0.2, 0) is 4.74 Å². The first kappa shape index (κ1) is 18.1. The second-order valence-electron chi connectivity index (χ2n) is 7.33. The van der Waals surface area contributed by atoms with Crippen molar-refractivity contribution in [2.45, 2.75) is 32.7 Å². The first-order chi connectivity index (χ1) is 13.5. The van der Waals surface area contributed by atoms with E-state index in [-0.39, 0.29) is 29.8 Å². The van der Waals surface area contributed by atoms with Gasteiger partial charge in [0.15, 0.2) is 0 Å². The van der Waals surface area contributed by atoms with Crippen LogP contribution in [0.15, 0.2) is 53.3 Å². The third kappa shape index (κ3) is 3.01. The van der Waals surface area contributed by atoms with Gasteiger partial charge in [-0.3, -0.25) is 15.2 Å². The Kier molecular flexibility index (Phi) is 4.55. The molecule has 0 atom stereocenters. The molecule has 0 saturated carbocycles. The number of aromatic nitrogens is 2. The van der Waals surface area contributed by atoms with Gasteiger partial charge in [0.05, 0.1) is 5.69 Å². The van der Waals surface area contributed by atoms with Gasteiger partial charge in [0.2, 0.25) is 0 Å². The molecule has 2 N–H and O–H groups in total. The summed E-state index contributed by atoms with van der Waals surface area (Å²) < 4.78 is 6.99. The molecule has 1 aromatic heterocycles. The molecule has 6 nitrogen and oxygen atoms in total. The van der Waals surface area contributed by atoms with E-state index in [4.69, 9.17) is 4.74 Å². The van der Waals surface area contributed by atoms with Crippen LogP contribution in [0.1, 0.15) is 42.6 Å². The number of aromatic amines is 1. The molecule has 2 aromatic carbocycles. The van der Waals surface area contributed by atoms with Crippen molar-refractivity contribution >= 4 is 11.8 Å². The lowest BCUT2D eigenvalue weighted by molar-refractivity contribution is 0.158. The summed E-state index contributed by atoms with van der Waals surface area (Å²) in [7, 11) is 0. The van der Waals surface area contributed by atoms with Crippen molar-refractivity contribution < 1.29 is 9.53 Å². The lowest BCUT2D eigenvalue weighted by Crippen LogP contribution is -2.24. The Morgan fingerprint density at radius 2 is 1.68 bits per heavy atom. The van der Waals surface area contributed by atoms with Crippen LogP contribution < -0.4 is 10.9 Å². The number of H-pyrrole nitrogens is 1. The quantitative estimate of drug-likeness (QED) is 0.706. The number of nitrogens with one attached hydrogen (secondary N) is 2. The highest BCUT2D eigenvalue weighted by molar-refractivity contribution is 5.85. The fraction of sp³-hybridized carbons (Fsp3) is 0.273. The monoisotopic (exact) mass is 377 g/mol. The minimum absolute atomic E-state index is 0.0159. The molecule has 0 bridgehead atoms. The molecule has 1 amide bonds. The van der Waals surface area contributed by atoms with Crippen LogP contribution in [0.25, 0.3) is 11.1 Å². The summed E-state index contributed by atoms with van der Waals surface area (Å²) >= 11 is 0. The molecule has 6 heteroatoms. The van der Waals surface area contributed by atoms with Gasteiger partial charge in [-0.05, 0) is 43.0 Å². The third-order valence-electron chi connectivity index (χ3n) is 5.18. The van der Waals surface area contributed by atoms with Crippen molar-refractivity contribution in [1.82, 2.24) is 9.78 Å². The average molecular weight is 377 g/mol. The predicted molar refractivity (Wildman–Crippen MR) is 109 cm³/mol. The number of ether oxygens (including phenoxy) is 1. The summed E-state index contributed by atoms with van der Waals surface area (Å²) in [6.45, 7) is 5.75. The molecule has 0 spiro atoms. The van der Waals surface area contributed by atoms with Crippen LogP contribution in [0.5, 0.6) is 0 Å². The van der Waals surface area contributed by atoms with Gasteiger partial charge in [-0.1, -0.05) is 48.5 Å². The predicted octanol–water partition coefficient (Wildman–Crippen LogP) is 4.43. The van der Waals surface area contributed by atoms with E-state index in [1.54, 1.807) is 6.92 Å². The molecule has 144 valence electrons. The van der Waals surface area contributed by atoms with Gasteiger partial charge in [-0.15, -0.1) is 0 Å². The van der Waals surface area contributed by atoms with E-state index in [9.17, 15) is 9.59 Å². The Morgan fingerprint density at radius 1 is 1.11 bits per heavy atom. The molecule has 0 radical (unpaired) electrons. The van der Waals surface area contributed by atoms with E-state index in [0.717, 1.165) is 11.1 Å². The molecular weight excluding hydrogens is 354 g/mol. The van der Waals surface area contributed by atoms with Crippen molar-refractivity contribution in [1.29, 1.82) is 0 Å². The van der Waals surface area contributed by atoms with Crippen LogP contribution in [0.3, 0.4) is 0 Å². The number of aryl methyl sites for hydroxylation is 1. The summed E-state index contributed by atoms with van der Waals surface area (Å²) in [5.74, 6) is -0.0159. The van der Waals surface area contributed by atoms with Crippen molar-refractivity contribution in [3.05, 3.63) is 75.7 Å². The van der Waals surface area contributed by atoms with E-state index >= 15 is 0 Å². The largest absolute Gasteiger partial charge is 0.448 e. The number of fused-ring (bicyclic) bond motifs is 3. The van der Waals surface area contributed by atoms with Crippen molar-refractivity contribution in [3.8, 4) is 11.1 Å². The van der Waals surface area contributed by atoms with Crippen LogP contribution in [0, 0.1) is 6.92 Å². The van der Waals surface area contributed by atoms with Gasteiger partial charge >= 0.3 is 6.09 Å². The van der Waals surface area contributed by atoms with E-state index < -0.39 is 6.09 Å². The third-order valence-corrected chi connectivity index (χ3v) is 5.18. The van der Waals surface area contributed by atoms with Crippen molar-refractivity contribution in [3.63, 3.8) is 0 Å². The maximum absolute atomic E-state index is 12.4. The highest BCUT2D eigenvalue weighted by Gasteiger charge is 2.29. The maximum Gasteiger partial charge on any atom is 0.411 e. The Morgan fingerprint density at radius 3 is 2.21 bits per heavy atom. The number of hydrogen-bond acceptors (Lipinski definition) is 3. The molecule has 0 unspecified atom stereocenters. The normalized spacial score (nSPS) is 12.7. The lowest BCUT2D eigenvalue weighted by Gasteiger charge is -2.14. The molecule has 0 aliphatic heterocycles. The maximum atomic E-state index is 12.4. The SMILES string of the molecule is Cc1[nH]n(C(C)C)c(=O)c1NC(=O)OCC1c2ccccc2-c2ccccc21.